The third-order valence-corrected chi connectivity index (χ3v) is 6.88. The molecule has 1 saturated heterocycles. The number of rotatable bonds is 4. The Bertz CT molecular complexity index is 711. The van der Waals surface area contributed by atoms with Gasteiger partial charge in [0, 0.05) is 13.1 Å². The van der Waals surface area contributed by atoms with E-state index in [0.717, 1.165) is 6.42 Å². The molecule has 2 aliphatic rings. The van der Waals surface area contributed by atoms with E-state index in [9.17, 15) is 17.6 Å². The number of methoxy groups -OCH3 is 1. The number of piperidine rings is 1. The summed E-state index contributed by atoms with van der Waals surface area (Å²) in [5, 5.41) is 0. The summed E-state index contributed by atoms with van der Waals surface area (Å²) < 4.78 is 44.4. The second-order valence-corrected chi connectivity index (χ2v) is 8.40. The number of carbonyl (C=O) groups is 1. The van der Waals surface area contributed by atoms with Gasteiger partial charge in [-0.05, 0) is 42.4 Å². The smallest absolute Gasteiger partial charge is 0.309 e. The van der Waals surface area contributed by atoms with Crippen LogP contribution in [0.3, 0.4) is 0 Å². The SMILES string of the molecule is COC(=O)C1CC12CCN(S(=O)(=O)Cc1cccc(F)c1)CC2. The summed E-state index contributed by atoms with van der Waals surface area (Å²) in [5.41, 5.74) is 0.377. The van der Waals surface area contributed by atoms with Crippen molar-refractivity contribution in [2.45, 2.75) is 25.0 Å². The van der Waals surface area contributed by atoms with Crippen LogP contribution in [0.2, 0.25) is 0 Å². The van der Waals surface area contributed by atoms with E-state index in [4.69, 9.17) is 4.74 Å². The molecule has 5 nitrogen and oxygen atoms in total. The second kappa shape index (κ2) is 5.87. The molecule has 1 unspecified atom stereocenters. The van der Waals surface area contributed by atoms with Crippen LogP contribution in [0.5, 0.6) is 0 Å². The number of nitrogens with zero attached hydrogens (tertiary/aromatic N) is 1. The fourth-order valence-electron chi connectivity index (χ4n) is 3.51. The first kappa shape index (κ1) is 16.4. The Labute approximate surface area is 135 Å². The number of sulfonamides is 1. The van der Waals surface area contributed by atoms with Crippen LogP contribution in [-0.2, 0) is 25.3 Å². The van der Waals surface area contributed by atoms with Gasteiger partial charge in [-0.2, -0.15) is 0 Å². The number of esters is 1. The van der Waals surface area contributed by atoms with Crippen molar-refractivity contribution in [2.75, 3.05) is 20.2 Å². The van der Waals surface area contributed by atoms with E-state index in [2.05, 4.69) is 0 Å². The zero-order valence-corrected chi connectivity index (χ0v) is 13.8. The third-order valence-electron chi connectivity index (χ3n) is 5.03. The Morgan fingerprint density at radius 1 is 1.39 bits per heavy atom. The highest BCUT2D eigenvalue weighted by molar-refractivity contribution is 7.88. The molecule has 1 spiro atoms. The summed E-state index contributed by atoms with van der Waals surface area (Å²) >= 11 is 0. The van der Waals surface area contributed by atoms with Crippen LogP contribution < -0.4 is 0 Å². The van der Waals surface area contributed by atoms with Gasteiger partial charge in [-0.15, -0.1) is 0 Å². The Hall–Kier alpha value is -1.47. The molecule has 0 bridgehead atoms. The molecule has 1 aliphatic heterocycles. The van der Waals surface area contributed by atoms with Gasteiger partial charge in [-0.3, -0.25) is 4.79 Å². The lowest BCUT2D eigenvalue weighted by molar-refractivity contribution is -0.143. The summed E-state index contributed by atoms with van der Waals surface area (Å²) in [5.74, 6) is -0.908. The van der Waals surface area contributed by atoms with Gasteiger partial charge < -0.3 is 4.74 Å². The normalized spacial score (nSPS) is 23.7. The molecule has 1 aromatic rings. The minimum absolute atomic E-state index is 0.0715. The monoisotopic (exact) mass is 341 g/mol. The maximum Gasteiger partial charge on any atom is 0.309 e. The zero-order chi connectivity index (χ0) is 16.7. The summed E-state index contributed by atoms with van der Waals surface area (Å²) in [4.78, 5) is 11.6. The van der Waals surface area contributed by atoms with Crippen molar-refractivity contribution in [1.29, 1.82) is 0 Å². The maximum absolute atomic E-state index is 13.2. The molecule has 1 atom stereocenters. The van der Waals surface area contributed by atoms with Gasteiger partial charge in [-0.1, -0.05) is 12.1 Å². The average molecular weight is 341 g/mol. The molecule has 1 aromatic carbocycles. The van der Waals surface area contributed by atoms with Crippen molar-refractivity contribution in [1.82, 2.24) is 4.31 Å². The van der Waals surface area contributed by atoms with E-state index in [1.165, 1.54) is 29.6 Å². The lowest BCUT2D eigenvalue weighted by Crippen LogP contribution is -2.40. The Kier molecular flexibility index (Phi) is 4.18. The summed E-state index contributed by atoms with van der Waals surface area (Å²) in [6.45, 7) is 0.816. The lowest BCUT2D eigenvalue weighted by atomic mass is 9.92. The van der Waals surface area contributed by atoms with Crippen molar-refractivity contribution >= 4 is 16.0 Å². The molecule has 0 radical (unpaired) electrons. The number of hydrogen-bond donors (Lipinski definition) is 0. The van der Waals surface area contributed by atoms with E-state index in [1.54, 1.807) is 6.07 Å². The van der Waals surface area contributed by atoms with E-state index < -0.39 is 15.8 Å². The number of halogens is 1. The Balaban J connectivity index is 1.62. The predicted octanol–water partition coefficient (Wildman–Crippen LogP) is 1.93. The number of benzene rings is 1. The molecule has 7 heteroatoms. The minimum atomic E-state index is -3.47. The zero-order valence-electron chi connectivity index (χ0n) is 13.0. The highest BCUT2D eigenvalue weighted by atomic mass is 32.2. The first-order chi connectivity index (χ1) is 10.9. The first-order valence-electron chi connectivity index (χ1n) is 7.66. The van der Waals surface area contributed by atoms with Gasteiger partial charge in [0.05, 0.1) is 18.8 Å². The van der Waals surface area contributed by atoms with Crippen LogP contribution in [0, 0.1) is 17.2 Å². The molecule has 0 N–H and O–H groups in total. The van der Waals surface area contributed by atoms with E-state index in [-0.39, 0.29) is 23.1 Å². The predicted molar refractivity (Wildman–Crippen MR) is 82.4 cm³/mol. The molecule has 0 amide bonds. The molecule has 0 aromatic heterocycles. The average Bonchev–Trinajstić information content (AvgIpc) is 3.20. The fourth-order valence-corrected chi connectivity index (χ4v) is 5.04. The van der Waals surface area contributed by atoms with Gasteiger partial charge in [0.1, 0.15) is 5.82 Å². The van der Waals surface area contributed by atoms with Gasteiger partial charge in [-0.25, -0.2) is 17.1 Å². The topological polar surface area (TPSA) is 63.7 Å². The van der Waals surface area contributed by atoms with E-state index >= 15 is 0 Å². The second-order valence-electron chi connectivity index (χ2n) is 6.43. The highest BCUT2D eigenvalue weighted by Gasteiger charge is 2.59. The van der Waals surface area contributed by atoms with Gasteiger partial charge in [0.25, 0.3) is 0 Å². The van der Waals surface area contributed by atoms with Crippen molar-refractivity contribution in [3.8, 4) is 0 Å². The van der Waals surface area contributed by atoms with Crippen molar-refractivity contribution in [3.05, 3.63) is 35.6 Å². The molecule has 3 rings (SSSR count). The van der Waals surface area contributed by atoms with Crippen LogP contribution in [-0.4, -0.2) is 38.9 Å². The van der Waals surface area contributed by atoms with Gasteiger partial charge in [0.2, 0.25) is 10.0 Å². The largest absolute Gasteiger partial charge is 0.469 e. The molecular weight excluding hydrogens is 321 g/mol. The molecule has 126 valence electrons. The van der Waals surface area contributed by atoms with Gasteiger partial charge >= 0.3 is 5.97 Å². The van der Waals surface area contributed by atoms with Crippen LogP contribution in [0.25, 0.3) is 0 Å². The number of ether oxygens (including phenoxy) is 1. The Morgan fingerprint density at radius 3 is 2.70 bits per heavy atom. The van der Waals surface area contributed by atoms with Crippen molar-refractivity contribution in [3.63, 3.8) is 0 Å². The quantitative estimate of drug-likeness (QED) is 0.785. The van der Waals surface area contributed by atoms with E-state index in [0.29, 0.717) is 31.5 Å². The van der Waals surface area contributed by atoms with Gasteiger partial charge in [0.15, 0.2) is 0 Å². The summed E-state index contributed by atoms with van der Waals surface area (Å²) in [6.07, 6.45) is 2.14. The number of hydrogen-bond acceptors (Lipinski definition) is 4. The van der Waals surface area contributed by atoms with Crippen LogP contribution in [0.1, 0.15) is 24.8 Å². The fraction of sp³-hybridized carbons (Fsp3) is 0.562. The summed E-state index contributed by atoms with van der Waals surface area (Å²) in [6, 6.07) is 5.66. The van der Waals surface area contributed by atoms with Crippen LogP contribution in [0.4, 0.5) is 4.39 Å². The van der Waals surface area contributed by atoms with Crippen molar-refractivity contribution < 1.29 is 22.3 Å². The molecule has 2 fully saturated rings. The third kappa shape index (κ3) is 3.26. The van der Waals surface area contributed by atoms with E-state index in [1.807, 2.05) is 0 Å². The summed E-state index contributed by atoms with van der Waals surface area (Å²) in [7, 11) is -2.09. The Morgan fingerprint density at radius 2 is 2.09 bits per heavy atom. The minimum Gasteiger partial charge on any atom is -0.469 e. The molecule has 1 saturated carbocycles. The standard InChI is InChI=1S/C16H20FNO4S/c1-22-15(19)14-10-16(14)5-7-18(8-6-16)23(20,21)11-12-3-2-4-13(17)9-12/h2-4,9,14H,5-8,10-11H2,1H3. The first-order valence-corrected chi connectivity index (χ1v) is 9.27. The van der Waals surface area contributed by atoms with Crippen LogP contribution >= 0.6 is 0 Å². The van der Waals surface area contributed by atoms with Crippen LogP contribution in [0.15, 0.2) is 24.3 Å². The lowest BCUT2D eigenvalue weighted by Gasteiger charge is -2.31. The number of carbonyl (C=O) groups excluding carboxylic acids is 1. The molecule has 23 heavy (non-hydrogen) atoms. The van der Waals surface area contributed by atoms with Crippen molar-refractivity contribution in [2.24, 2.45) is 11.3 Å². The molecule has 1 aliphatic carbocycles. The molecular formula is C16H20FNO4S. The maximum atomic E-state index is 13.2. The molecule has 1 heterocycles. The highest BCUT2D eigenvalue weighted by Crippen LogP contribution is 2.59.